The van der Waals surface area contributed by atoms with E-state index in [0.717, 1.165) is 16.1 Å². The Bertz CT molecular complexity index is 876. The number of imidazole rings is 1. The van der Waals surface area contributed by atoms with E-state index in [4.69, 9.17) is 23.8 Å². The number of furan rings is 1. The zero-order valence-electron chi connectivity index (χ0n) is 14.8. The first-order chi connectivity index (χ1) is 13.2. The van der Waals surface area contributed by atoms with Gasteiger partial charge in [-0.1, -0.05) is 0 Å². The second-order valence-corrected chi connectivity index (χ2v) is 6.56. The van der Waals surface area contributed by atoms with Crippen LogP contribution in [0.15, 0.2) is 45.5 Å². The highest BCUT2D eigenvalue weighted by Crippen LogP contribution is 2.33. The lowest BCUT2D eigenvalue weighted by atomic mass is 10.2. The van der Waals surface area contributed by atoms with E-state index < -0.39 is 0 Å². The smallest absolute Gasteiger partial charge is 0.290 e. The fourth-order valence-electron chi connectivity index (χ4n) is 2.73. The zero-order valence-corrected chi connectivity index (χ0v) is 15.6. The molecule has 4 heterocycles. The quantitative estimate of drug-likeness (QED) is 0.646. The highest BCUT2D eigenvalue weighted by Gasteiger charge is 2.31. The van der Waals surface area contributed by atoms with Gasteiger partial charge in [0.15, 0.2) is 21.8 Å². The Morgan fingerprint density at radius 2 is 2.22 bits per heavy atom. The number of ether oxygens (including phenoxy) is 2. The van der Waals surface area contributed by atoms with Gasteiger partial charge in [0.25, 0.3) is 6.47 Å². The van der Waals surface area contributed by atoms with Crippen LogP contribution in [0.25, 0.3) is 11.6 Å². The van der Waals surface area contributed by atoms with Crippen LogP contribution in [0.2, 0.25) is 0 Å². The summed E-state index contributed by atoms with van der Waals surface area (Å²) < 4.78 is 20.9. The molecule has 144 valence electrons. The molecule has 1 aliphatic heterocycles. The Hall–Kier alpha value is -2.63. The van der Waals surface area contributed by atoms with Gasteiger partial charge < -0.3 is 28.1 Å². The van der Waals surface area contributed by atoms with Crippen molar-refractivity contribution < 1.29 is 23.8 Å². The monoisotopic (exact) mass is 393 g/mol. The summed E-state index contributed by atoms with van der Waals surface area (Å²) in [7, 11) is 3.59. The summed E-state index contributed by atoms with van der Waals surface area (Å²) in [5, 5.41) is 16.3. The van der Waals surface area contributed by atoms with Gasteiger partial charge in [0.1, 0.15) is 12.4 Å². The number of nitrogens with zero attached hydrogens (tertiary/aromatic N) is 5. The molecule has 3 aromatic rings. The maximum atomic E-state index is 8.36. The van der Waals surface area contributed by atoms with Crippen LogP contribution in [0.1, 0.15) is 6.04 Å². The van der Waals surface area contributed by atoms with Gasteiger partial charge >= 0.3 is 0 Å². The maximum Gasteiger partial charge on any atom is 0.290 e. The Kier molecular flexibility index (Phi) is 6.27. The highest BCUT2D eigenvalue weighted by molar-refractivity contribution is 7.99. The highest BCUT2D eigenvalue weighted by atomic mass is 32.2. The van der Waals surface area contributed by atoms with Crippen molar-refractivity contribution in [2.45, 2.75) is 22.4 Å². The summed E-state index contributed by atoms with van der Waals surface area (Å²) >= 11 is 1.42. The van der Waals surface area contributed by atoms with E-state index >= 15 is 0 Å². The molecule has 10 nitrogen and oxygen atoms in total. The Morgan fingerprint density at radius 1 is 1.41 bits per heavy atom. The molecule has 1 N–H and O–H groups in total. The molecule has 11 heteroatoms. The van der Waals surface area contributed by atoms with Crippen LogP contribution in [-0.4, -0.2) is 62.3 Å². The summed E-state index contributed by atoms with van der Waals surface area (Å²) in [6.07, 6.45) is 5.36. The average molecular weight is 393 g/mol. The predicted molar refractivity (Wildman–Crippen MR) is 94.4 cm³/mol. The lowest BCUT2D eigenvalue weighted by Gasteiger charge is -2.19. The molecule has 0 saturated carbocycles. The van der Waals surface area contributed by atoms with Gasteiger partial charge in [-0.3, -0.25) is 4.79 Å². The predicted octanol–water partition coefficient (Wildman–Crippen LogP) is 1.71. The van der Waals surface area contributed by atoms with Crippen molar-refractivity contribution >= 4 is 18.2 Å². The van der Waals surface area contributed by atoms with Gasteiger partial charge in [-0.05, 0) is 23.9 Å². The number of methoxy groups -OCH3 is 1. The van der Waals surface area contributed by atoms with Crippen LogP contribution in [0, 0.1) is 0 Å². The molecule has 3 aromatic heterocycles. The number of rotatable bonds is 5. The number of carboxylic acid groups (broad SMARTS) is 1. The van der Waals surface area contributed by atoms with Crippen molar-refractivity contribution in [3.8, 4) is 11.6 Å². The van der Waals surface area contributed by atoms with Crippen molar-refractivity contribution in [3.63, 3.8) is 0 Å². The van der Waals surface area contributed by atoms with Crippen LogP contribution < -0.4 is 0 Å². The molecule has 0 unspecified atom stereocenters. The molecule has 0 amide bonds. The maximum absolute atomic E-state index is 8.36. The van der Waals surface area contributed by atoms with E-state index in [1.54, 1.807) is 19.6 Å². The van der Waals surface area contributed by atoms with Gasteiger partial charge in [-0.15, -0.1) is 10.2 Å². The number of carbonyl (C=O) groups is 1. The molecular formula is C16H19N5O5S. The fourth-order valence-corrected chi connectivity index (χ4v) is 3.46. The van der Waals surface area contributed by atoms with Crippen molar-refractivity contribution in [3.05, 3.63) is 30.9 Å². The average Bonchev–Trinajstić information content (AvgIpc) is 3.43. The van der Waals surface area contributed by atoms with Gasteiger partial charge in [-0.2, -0.15) is 0 Å². The van der Waals surface area contributed by atoms with Crippen LogP contribution in [0.3, 0.4) is 0 Å². The molecule has 4 rings (SSSR count). The summed E-state index contributed by atoms with van der Waals surface area (Å²) in [6, 6.07) is 3.91. The molecule has 1 fully saturated rings. The van der Waals surface area contributed by atoms with E-state index in [2.05, 4.69) is 19.7 Å². The standard InChI is InChI=1S/C15H17N5O3S.CH2O2/c1-19-9-17-18-15(19)24-13-4-3-11(23-13)14-16-5-6-20(14)10-7-22-8-12(10)21-2;2-1-3/h3-6,9-10,12H,7-8H2,1-2H3;1H,(H,2,3)/t10-,12+;/m1./s1. The number of hydrogen-bond acceptors (Lipinski definition) is 8. The SMILES string of the molecule is CO[C@H]1COC[C@H]1n1ccnc1-c1ccc(Sc2nncn2C)o1.O=CO. The minimum Gasteiger partial charge on any atom is -0.483 e. The van der Waals surface area contributed by atoms with Gasteiger partial charge in [0.05, 0.1) is 19.3 Å². The first kappa shape index (κ1) is 19.1. The van der Waals surface area contributed by atoms with Gasteiger partial charge in [0, 0.05) is 26.6 Å². The lowest BCUT2D eigenvalue weighted by molar-refractivity contribution is -0.122. The fraction of sp³-hybridized carbons (Fsp3) is 0.375. The Balaban J connectivity index is 0.000000659. The minimum absolute atomic E-state index is 0.0143. The van der Waals surface area contributed by atoms with Crippen molar-refractivity contribution in [2.75, 3.05) is 20.3 Å². The van der Waals surface area contributed by atoms with Gasteiger partial charge in [-0.25, -0.2) is 4.98 Å². The number of aryl methyl sites for hydroxylation is 1. The third-order valence-electron chi connectivity index (χ3n) is 3.99. The van der Waals surface area contributed by atoms with E-state index in [9.17, 15) is 0 Å². The van der Waals surface area contributed by atoms with E-state index in [0.29, 0.717) is 19.0 Å². The summed E-state index contributed by atoms with van der Waals surface area (Å²) in [4.78, 5) is 12.8. The second kappa shape index (κ2) is 8.84. The molecule has 0 bridgehead atoms. The molecule has 2 atom stereocenters. The lowest BCUT2D eigenvalue weighted by Crippen LogP contribution is -2.24. The third kappa shape index (κ3) is 4.21. The minimum atomic E-state index is -0.250. The first-order valence-corrected chi connectivity index (χ1v) is 8.82. The summed E-state index contributed by atoms with van der Waals surface area (Å²) in [6.45, 7) is 0.938. The van der Waals surface area contributed by atoms with Crippen molar-refractivity contribution in [1.82, 2.24) is 24.3 Å². The second-order valence-electron chi connectivity index (χ2n) is 5.59. The zero-order chi connectivity index (χ0) is 19.2. The van der Waals surface area contributed by atoms with Crippen LogP contribution >= 0.6 is 11.8 Å². The van der Waals surface area contributed by atoms with Crippen molar-refractivity contribution in [2.24, 2.45) is 7.05 Å². The van der Waals surface area contributed by atoms with Crippen molar-refractivity contribution in [1.29, 1.82) is 0 Å². The first-order valence-electron chi connectivity index (χ1n) is 8.01. The topological polar surface area (TPSA) is 117 Å². The van der Waals surface area contributed by atoms with E-state index in [-0.39, 0.29) is 18.6 Å². The number of aromatic nitrogens is 5. The Labute approximate surface area is 159 Å². The normalized spacial score (nSPS) is 18.9. The summed E-state index contributed by atoms with van der Waals surface area (Å²) in [5.41, 5.74) is 0. The molecule has 1 aliphatic rings. The molecule has 27 heavy (non-hydrogen) atoms. The summed E-state index contributed by atoms with van der Waals surface area (Å²) in [5.74, 6) is 1.46. The van der Waals surface area contributed by atoms with E-state index in [1.807, 2.05) is 29.9 Å². The number of hydrogen-bond donors (Lipinski definition) is 1. The van der Waals surface area contributed by atoms with Gasteiger partial charge in [0.2, 0.25) is 0 Å². The Morgan fingerprint density at radius 3 is 2.93 bits per heavy atom. The molecule has 0 radical (unpaired) electrons. The van der Waals surface area contributed by atoms with E-state index in [1.165, 1.54) is 11.8 Å². The largest absolute Gasteiger partial charge is 0.483 e. The third-order valence-corrected chi connectivity index (χ3v) is 4.96. The van der Waals surface area contributed by atoms with Crippen LogP contribution in [0.4, 0.5) is 0 Å². The molecule has 0 aliphatic carbocycles. The molecule has 0 spiro atoms. The molecular weight excluding hydrogens is 374 g/mol. The molecule has 1 saturated heterocycles. The van der Waals surface area contributed by atoms with Crippen LogP contribution in [-0.2, 0) is 21.3 Å². The van der Waals surface area contributed by atoms with Crippen LogP contribution in [0.5, 0.6) is 0 Å². The molecule has 0 aromatic carbocycles.